The fourth-order valence-electron chi connectivity index (χ4n) is 1.96. The van der Waals surface area contributed by atoms with Crippen LogP contribution in [0, 0.1) is 0 Å². The van der Waals surface area contributed by atoms with Crippen molar-refractivity contribution in [1.29, 1.82) is 0 Å². The molecule has 106 valence electrons. The van der Waals surface area contributed by atoms with Gasteiger partial charge < -0.3 is 4.74 Å². The van der Waals surface area contributed by atoms with E-state index in [9.17, 15) is 21.6 Å². The third kappa shape index (κ3) is 3.09. The number of alkyl halides is 3. The van der Waals surface area contributed by atoms with Crippen molar-refractivity contribution >= 4 is 9.84 Å². The van der Waals surface area contributed by atoms with Crippen molar-refractivity contribution in [1.82, 2.24) is 0 Å². The maximum Gasteiger partial charge on any atom is 0.416 e. The van der Waals surface area contributed by atoms with Crippen LogP contribution in [0.25, 0.3) is 0 Å². The van der Waals surface area contributed by atoms with Crippen LogP contribution < -0.4 is 0 Å². The quantitative estimate of drug-likeness (QED) is 0.842. The van der Waals surface area contributed by atoms with Crippen LogP contribution in [0.3, 0.4) is 0 Å². The fourth-order valence-corrected chi connectivity index (χ4v) is 3.57. The molecule has 0 radical (unpaired) electrons. The van der Waals surface area contributed by atoms with Crippen molar-refractivity contribution in [2.75, 3.05) is 6.61 Å². The van der Waals surface area contributed by atoms with Crippen molar-refractivity contribution in [3.63, 3.8) is 0 Å². The summed E-state index contributed by atoms with van der Waals surface area (Å²) in [5, 5.41) is 0. The van der Waals surface area contributed by atoms with Gasteiger partial charge in [0, 0.05) is 6.61 Å². The molecule has 1 unspecified atom stereocenters. The Labute approximate surface area is 109 Å². The molecular formula is C12H13F3O3S. The first-order valence-electron chi connectivity index (χ1n) is 5.84. The molecule has 1 aromatic carbocycles. The summed E-state index contributed by atoms with van der Waals surface area (Å²) in [6.07, 6.45) is -2.77. The van der Waals surface area contributed by atoms with Crippen LogP contribution in [0.5, 0.6) is 0 Å². The molecule has 0 bridgehead atoms. The third-order valence-electron chi connectivity index (χ3n) is 2.97. The molecule has 7 heteroatoms. The summed E-state index contributed by atoms with van der Waals surface area (Å²) in [6, 6.07) is 3.77. The molecule has 2 rings (SSSR count). The molecule has 1 aliphatic heterocycles. The second kappa shape index (κ2) is 5.13. The molecule has 0 aliphatic carbocycles. The Hall–Kier alpha value is -1.08. The molecule has 0 N–H and O–H groups in total. The van der Waals surface area contributed by atoms with Crippen LogP contribution in [-0.4, -0.2) is 20.5 Å². The number of sulfone groups is 1. The van der Waals surface area contributed by atoms with Crippen LogP contribution in [0.15, 0.2) is 29.2 Å². The van der Waals surface area contributed by atoms with Crippen molar-refractivity contribution in [2.45, 2.75) is 35.8 Å². The smallest absolute Gasteiger partial charge is 0.362 e. The summed E-state index contributed by atoms with van der Waals surface area (Å²) in [4.78, 5) is -0.339. The van der Waals surface area contributed by atoms with Gasteiger partial charge in [0.1, 0.15) is 0 Å². The zero-order valence-corrected chi connectivity index (χ0v) is 10.8. The molecular weight excluding hydrogens is 281 g/mol. The molecule has 1 fully saturated rings. The van der Waals surface area contributed by atoms with E-state index in [0.29, 0.717) is 25.5 Å². The number of hydrogen-bond donors (Lipinski definition) is 0. The lowest BCUT2D eigenvalue weighted by atomic mass is 10.2. The number of ether oxygens (including phenoxy) is 1. The zero-order valence-electron chi connectivity index (χ0n) is 9.98. The lowest BCUT2D eigenvalue weighted by molar-refractivity contribution is -0.137. The van der Waals surface area contributed by atoms with Crippen LogP contribution >= 0.6 is 0 Å². The molecule has 0 aromatic heterocycles. The number of hydrogen-bond acceptors (Lipinski definition) is 3. The van der Waals surface area contributed by atoms with E-state index in [1.165, 1.54) is 6.07 Å². The lowest BCUT2D eigenvalue weighted by Gasteiger charge is -2.22. The third-order valence-corrected chi connectivity index (χ3v) is 4.95. The molecule has 1 aliphatic rings. The molecule has 1 saturated heterocycles. The van der Waals surface area contributed by atoms with E-state index >= 15 is 0 Å². The molecule has 1 atom stereocenters. The van der Waals surface area contributed by atoms with Gasteiger partial charge in [0.05, 0.1) is 10.5 Å². The lowest BCUT2D eigenvalue weighted by Crippen LogP contribution is -2.28. The molecule has 3 nitrogen and oxygen atoms in total. The van der Waals surface area contributed by atoms with E-state index in [2.05, 4.69) is 0 Å². The Kier molecular flexibility index (Phi) is 3.87. The Morgan fingerprint density at radius 3 is 2.53 bits per heavy atom. The predicted octanol–water partition coefficient (Wildman–Crippen LogP) is 3.01. The number of rotatable bonds is 2. The van der Waals surface area contributed by atoms with Crippen LogP contribution in [0.2, 0.25) is 0 Å². The highest BCUT2D eigenvalue weighted by Crippen LogP contribution is 2.32. The topological polar surface area (TPSA) is 43.4 Å². The summed E-state index contributed by atoms with van der Waals surface area (Å²) in [6.45, 7) is 0.322. The first-order chi connectivity index (χ1) is 8.82. The van der Waals surface area contributed by atoms with Crippen molar-refractivity contribution in [3.8, 4) is 0 Å². The van der Waals surface area contributed by atoms with E-state index < -0.39 is 27.0 Å². The van der Waals surface area contributed by atoms with Gasteiger partial charge in [-0.1, -0.05) is 6.07 Å². The molecule has 0 spiro atoms. The minimum atomic E-state index is -4.56. The second-order valence-corrected chi connectivity index (χ2v) is 6.45. The Balaban J connectivity index is 2.35. The fraction of sp³-hybridized carbons (Fsp3) is 0.500. The number of benzene rings is 1. The van der Waals surface area contributed by atoms with E-state index in [0.717, 1.165) is 18.6 Å². The molecule has 1 aromatic rings. The van der Waals surface area contributed by atoms with Gasteiger partial charge in [-0.15, -0.1) is 0 Å². The average Bonchev–Trinajstić information content (AvgIpc) is 2.39. The van der Waals surface area contributed by atoms with Gasteiger partial charge in [-0.25, -0.2) is 8.42 Å². The molecule has 0 saturated carbocycles. The monoisotopic (exact) mass is 294 g/mol. The highest BCUT2D eigenvalue weighted by molar-refractivity contribution is 7.91. The van der Waals surface area contributed by atoms with E-state index in [1.54, 1.807) is 0 Å². The Bertz CT molecular complexity index is 546. The standard InChI is InChI=1S/C12H13F3O3S/c13-12(14,15)9-4-3-5-10(8-9)19(16,17)11-6-1-2-7-18-11/h3-5,8,11H,1-2,6-7H2. The first kappa shape index (κ1) is 14.3. The van der Waals surface area contributed by atoms with Crippen LogP contribution in [0.4, 0.5) is 13.2 Å². The minimum absolute atomic E-state index is 0.318. The Morgan fingerprint density at radius 2 is 1.95 bits per heavy atom. The summed E-state index contributed by atoms with van der Waals surface area (Å²) in [7, 11) is -3.87. The maximum absolute atomic E-state index is 12.6. The van der Waals surface area contributed by atoms with Crippen molar-refractivity contribution in [3.05, 3.63) is 29.8 Å². The summed E-state index contributed by atoms with van der Waals surface area (Å²) < 4.78 is 67.2. The van der Waals surface area contributed by atoms with Gasteiger partial charge in [-0.2, -0.15) is 13.2 Å². The average molecular weight is 294 g/mol. The second-order valence-electron chi connectivity index (χ2n) is 4.37. The normalized spacial score (nSPS) is 21.3. The highest BCUT2D eigenvalue weighted by Gasteiger charge is 2.34. The molecule has 0 amide bonds. The molecule has 19 heavy (non-hydrogen) atoms. The molecule has 1 heterocycles. The van der Waals surface area contributed by atoms with Gasteiger partial charge in [0.25, 0.3) is 0 Å². The highest BCUT2D eigenvalue weighted by atomic mass is 32.2. The van der Waals surface area contributed by atoms with Gasteiger partial charge in [-0.3, -0.25) is 0 Å². The summed E-state index contributed by atoms with van der Waals surface area (Å²) >= 11 is 0. The van der Waals surface area contributed by atoms with Gasteiger partial charge in [0.2, 0.25) is 9.84 Å². The summed E-state index contributed by atoms with van der Waals surface area (Å²) in [5.74, 6) is 0. The maximum atomic E-state index is 12.6. The zero-order chi connectivity index (χ0) is 14.1. The SMILES string of the molecule is O=S(=O)(c1cccc(C(F)(F)F)c1)C1CCCCO1. The number of halogens is 3. The minimum Gasteiger partial charge on any atom is -0.362 e. The summed E-state index contributed by atoms with van der Waals surface area (Å²) in [5.41, 5.74) is -2.01. The van der Waals surface area contributed by atoms with Crippen LogP contribution in [-0.2, 0) is 20.8 Å². The van der Waals surface area contributed by atoms with E-state index in [-0.39, 0.29) is 4.90 Å². The van der Waals surface area contributed by atoms with Gasteiger partial charge >= 0.3 is 6.18 Å². The Morgan fingerprint density at radius 1 is 1.21 bits per heavy atom. The van der Waals surface area contributed by atoms with Crippen LogP contribution in [0.1, 0.15) is 24.8 Å². The first-order valence-corrected chi connectivity index (χ1v) is 7.39. The largest absolute Gasteiger partial charge is 0.416 e. The van der Waals surface area contributed by atoms with Gasteiger partial charge in [-0.05, 0) is 37.5 Å². The van der Waals surface area contributed by atoms with E-state index in [4.69, 9.17) is 4.74 Å². The van der Waals surface area contributed by atoms with Crippen molar-refractivity contribution < 1.29 is 26.3 Å². The van der Waals surface area contributed by atoms with Gasteiger partial charge in [0.15, 0.2) is 5.44 Å². The van der Waals surface area contributed by atoms with E-state index in [1.807, 2.05) is 0 Å². The predicted molar refractivity (Wildman–Crippen MR) is 62.2 cm³/mol. The van der Waals surface area contributed by atoms with Crippen molar-refractivity contribution in [2.24, 2.45) is 0 Å².